The van der Waals surface area contributed by atoms with E-state index in [-0.39, 0.29) is 30.3 Å². The number of nitrogens with one attached hydrogen (secondary N) is 2. The van der Waals surface area contributed by atoms with Crippen molar-refractivity contribution < 1.29 is 19.8 Å². The Morgan fingerprint density at radius 1 is 0.677 bits per heavy atom. The van der Waals surface area contributed by atoms with Crippen molar-refractivity contribution in [1.29, 1.82) is 0 Å². The Labute approximate surface area is 188 Å². The van der Waals surface area contributed by atoms with Crippen molar-refractivity contribution in [2.75, 3.05) is 0 Å². The van der Waals surface area contributed by atoms with Gasteiger partial charge in [0, 0.05) is 0 Å². The lowest BCUT2D eigenvalue weighted by Gasteiger charge is -2.41. The molecule has 0 radical (unpaired) electrons. The van der Waals surface area contributed by atoms with E-state index in [2.05, 4.69) is 38.3 Å². The topological polar surface area (TPSA) is 98.7 Å². The molecule has 31 heavy (non-hydrogen) atoms. The van der Waals surface area contributed by atoms with E-state index in [1.807, 2.05) is 0 Å². The zero-order chi connectivity index (χ0) is 23.1. The van der Waals surface area contributed by atoms with Crippen molar-refractivity contribution in [3.05, 3.63) is 0 Å². The highest BCUT2D eigenvalue weighted by atomic mass is 16.3. The molecule has 0 aromatic carbocycles. The SMILES string of the molecule is CC(C)CC(NC(=O)CC(=O)NC(CC(C)C)C1(O)CCCCC1)C1(O)CCCCC1. The number of carbonyl (C=O) groups is 2. The Morgan fingerprint density at radius 3 is 1.29 bits per heavy atom. The van der Waals surface area contributed by atoms with Gasteiger partial charge in [0.15, 0.2) is 0 Å². The third-order valence-corrected chi connectivity index (χ3v) is 7.14. The van der Waals surface area contributed by atoms with Gasteiger partial charge in [-0.05, 0) is 50.4 Å². The quantitative estimate of drug-likeness (QED) is 0.390. The Morgan fingerprint density at radius 2 is 1.00 bits per heavy atom. The maximum Gasteiger partial charge on any atom is 0.229 e. The Hall–Kier alpha value is -1.14. The molecule has 180 valence electrons. The fourth-order valence-corrected chi connectivity index (χ4v) is 5.43. The third kappa shape index (κ3) is 8.05. The Kier molecular flexibility index (Phi) is 9.81. The van der Waals surface area contributed by atoms with Crippen molar-refractivity contribution in [1.82, 2.24) is 10.6 Å². The van der Waals surface area contributed by atoms with Gasteiger partial charge < -0.3 is 20.8 Å². The minimum atomic E-state index is -0.883. The van der Waals surface area contributed by atoms with Crippen molar-refractivity contribution >= 4 is 11.8 Å². The zero-order valence-corrected chi connectivity index (χ0v) is 20.2. The van der Waals surface area contributed by atoms with Gasteiger partial charge in [-0.15, -0.1) is 0 Å². The summed E-state index contributed by atoms with van der Waals surface area (Å²) >= 11 is 0. The molecular formula is C25H46N2O4. The highest BCUT2D eigenvalue weighted by Gasteiger charge is 2.40. The normalized spacial score (nSPS) is 22.7. The second-order valence-corrected chi connectivity index (χ2v) is 11.0. The first-order valence-corrected chi connectivity index (χ1v) is 12.6. The van der Waals surface area contributed by atoms with Crippen molar-refractivity contribution in [2.45, 2.75) is 134 Å². The van der Waals surface area contributed by atoms with Crippen LogP contribution in [0.25, 0.3) is 0 Å². The first kappa shape index (κ1) is 26.1. The highest BCUT2D eigenvalue weighted by molar-refractivity contribution is 5.97. The lowest BCUT2D eigenvalue weighted by molar-refractivity contribution is -0.134. The summed E-state index contributed by atoms with van der Waals surface area (Å²) in [6.07, 6.45) is 10.0. The van der Waals surface area contributed by atoms with Crippen LogP contribution in [0.3, 0.4) is 0 Å². The molecule has 2 atom stereocenters. The number of hydrogen-bond acceptors (Lipinski definition) is 4. The van der Waals surface area contributed by atoms with E-state index in [1.165, 1.54) is 0 Å². The fourth-order valence-electron chi connectivity index (χ4n) is 5.43. The van der Waals surface area contributed by atoms with E-state index in [9.17, 15) is 19.8 Å². The van der Waals surface area contributed by atoms with Gasteiger partial charge in [-0.3, -0.25) is 9.59 Å². The molecule has 0 spiro atoms. The molecule has 6 nitrogen and oxygen atoms in total. The molecule has 2 amide bonds. The van der Waals surface area contributed by atoms with Gasteiger partial charge in [0.25, 0.3) is 0 Å². The predicted molar refractivity (Wildman–Crippen MR) is 123 cm³/mol. The van der Waals surface area contributed by atoms with E-state index in [0.29, 0.717) is 50.4 Å². The number of hydrogen-bond donors (Lipinski definition) is 4. The van der Waals surface area contributed by atoms with Crippen LogP contribution in [-0.2, 0) is 9.59 Å². The van der Waals surface area contributed by atoms with Crippen LogP contribution in [0.2, 0.25) is 0 Å². The Balaban J connectivity index is 1.98. The summed E-state index contributed by atoms with van der Waals surface area (Å²) < 4.78 is 0. The largest absolute Gasteiger partial charge is 0.388 e. The van der Waals surface area contributed by atoms with Gasteiger partial charge in [0.05, 0.1) is 23.3 Å². The number of aliphatic hydroxyl groups is 2. The van der Waals surface area contributed by atoms with Crippen molar-refractivity contribution in [3.8, 4) is 0 Å². The van der Waals surface area contributed by atoms with Crippen LogP contribution in [0.4, 0.5) is 0 Å². The van der Waals surface area contributed by atoms with Crippen LogP contribution in [-0.4, -0.2) is 45.3 Å². The van der Waals surface area contributed by atoms with Crippen LogP contribution in [0.5, 0.6) is 0 Å². The van der Waals surface area contributed by atoms with Crippen molar-refractivity contribution in [2.24, 2.45) is 11.8 Å². The molecule has 2 unspecified atom stereocenters. The van der Waals surface area contributed by atoms with Crippen LogP contribution >= 0.6 is 0 Å². The molecular weight excluding hydrogens is 392 g/mol. The number of carbonyl (C=O) groups excluding carboxylic acids is 2. The molecule has 0 saturated heterocycles. The van der Waals surface area contributed by atoms with E-state index >= 15 is 0 Å². The summed E-state index contributed by atoms with van der Waals surface area (Å²) in [4.78, 5) is 25.5. The summed E-state index contributed by atoms with van der Waals surface area (Å²) in [7, 11) is 0. The standard InChI is InChI=1S/C25H46N2O4/c1-18(2)15-20(24(30)11-7-5-8-12-24)26-22(28)17-23(29)27-21(16-19(3)4)25(31)13-9-6-10-14-25/h18-21,30-31H,5-17H2,1-4H3,(H,26,28)(H,27,29). The lowest BCUT2D eigenvalue weighted by atomic mass is 9.76. The monoisotopic (exact) mass is 438 g/mol. The molecule has 0 aromatic heterocycles. The van der Waals surface area contributed by atoms with E-state index in [4.69, 9.17) is 0 Å². The van der Waals surface area contributed by atoms with Crippen LogP contribution in [0.15, 0.2) is 0 Å². The molecule has 0 aliphatic heterocycles. The van der Waals surface area contributed by atoms with E-state index in [0.717, 1.165) is 38.5 Å². The predicted octanol–water partition coefficient (Wildman–Crippen LogP) is 3.83. The average Bonchev–Trinajstić information content (AvgIpc) is 2.67. The molecule has 2 saturated carbocycles. The molecule has 2 aliphatic carbocycles. The van der Waals surface area contributed by atoms with E-state index in [1.54, 1.807) is 0 Å². The molecule has 0 heterocycles. The summed E-state index contributed by atoms with van der Waals surface area (Å²) in [5.74, 6) is -0.0238. The molecule has 0 bridgehead atoms. The second-order valence-electron chi connectivity index (χ2n) is 11.0. The first-order chi connectivity index (χ1) is 14.5. The van der Waals surface area contributed by atoms with Crippen molar-refractivity contribution in [3.63, 3.8) is 0 Å². The summed E-state index contributed by atoms with van der Waals surface area (Å²) in [6.45, 7) is 8.33. The van der Waals surface area contributed by atoms with Gasteiger partial charge in [0.2, 0.25) is 11.8 Å². The van der Waals surface area contributed by atoms with Gasteiger partial charge in [-0.25, -0.2) is 0 Å². The smallest absolute Gasteiger partial charge is 0.229 e. The van der Waals surface area contributed by atoms with Gasteiger partial charge in [-0.2, -0.15) is 0 Å². The zero-order valence-electron chi connectivity index (χ0n) is 20.2. The van der Waals surface area contributed by atoms with E-state index < -0.39 is 11.2 Å². The minimum Gasteiger partial charge on any atom is -0.388 e. The van der Waals surface area contributed by atoms with Gasteiger partial charge >= 0.3 is 0 Å². The summed E-state index contributed by atoms with van der Waals surface area (Å²) in [5, 5.41) is 28.3. The number of amides is 2. The van der Waals surface area contributed by atoms with Gasteiger partial charge in [0.1, 0.15) is 6.42 Å². The molecule has 4 N–H and O–H groups in total. The minimum absolute atomic E-state index is 0.269. The van der Waals surface area contributed by atoms with Gasteiger partial charge in [-0.1, -0.05) is 66.2 Å². The fraction of sp³-hybridized carbons (Fsp3) is 0.920. The van der Waals surface area contributed by atoms with Crippen LogP contribution in [0, 0.1) is 11.8 Å². The van der Waals surface area contributed by atoms with Crippen LogP contribution in [0.1, 0.15) is 111 Å². The third-order valence-electron chi connectivity index (χ3n) is 7.14. The molecule has 2 fully saturated rings. The maximum atomic E-state index is 12.7. The molecule has 2 aliphatic rings. The summed E-state index contributed by atoms with van der Waals surface area (Å²) in [5.41, 5.74) is -1.77. The lowest BCUT2D eigenvalue weighted by Crippen LogP contribution is -2.56. The maximum absolute atomic E-state index is 12.7. The molecule has 6 heteroatoms. The van der Waals surface area contributed by atoms with Crippen LogP contribution < -0.4 is 10.6 Å². The number of rotatable bonds is 10. The second kappa shape index (κ2) is 11.6. The Bertz CT molecular complexity index is 528. The highest BCUT2D eigenvalue weighted by Crippen LogP contribution is 2.34. The molecule has 0 aromatic rings. The first-order valence-electron chi connectivity index (χ1n) is 12.6. The molecule has 2 rings (SSSR count). The average molecular weight is 439 g/mol. The summed E-state index contributed by atoms with van der Waals surface area (Å²) in [6, 6.07) is -0.663.